The highest BCUT2D eigenvalue weighted by Crippen LogP contribution is 2.31. The molecule has 13 heavy (non-hydrogen) atoms. The molecule has 1 saturated carbocycles. The summed E-state index contributed by atoms with van der Waals surface area (Å²) in [6.07, 6.45) is 3.83. The predicted molar refractivity (Wildman–Crippen MR) is 55.7 cm³/mol. The van der Waals surface area contributed by atoms with Crippen molar-refractivity contribution in [3.05, 3.63) is 0 Å². The third kappa shape index (κ3) is 2.68. The van der Waals surface area contributed by atoms with Crippen LogP contribution in [0.1, 0.15) is 47.0 Å². The van der Waals surface area contributed by atoms with Crippen molar-refractivity contribution in [1.29, 1.82) is 0 Å². The van der Waals surface area contributed by atoms with Crippen LogP contribution in [0, 0.1) is 5.92 Å². The summed E-state index contributed by atoms with van der Waals surface area (Å²) in [6.45, 7) is 8.98. The molecule has 1 fully saturated rings. The molecule has 78 valence electrons. The van der Waals surface area contributed by atoms with Gasteiger partial charge in [-0.05, 0) is 39.0 Å². The Morgan fingerprint density at radius 2 is 2.00 bits per heavy atom. The largest absolute Gasteiger partial charge is 0.389 e. The summed E-state index contributed by atoms with van der Waals surface area (Å²) in [7, 11) is 0. The SMILES string of the molecule is CC(C)C(C)(O)CNC1(C)CCC1. The van der Waals surface area contributed by atoms with Gasteiger partial charge in [-0.25, -0.2) is 0 Å². The highest BCUT2D eigenvalue weighted by atomic mass is 16.3. The van der Waals surface area contributed by atoms with E-state index in [1.165, 1.54) is 19.3 Å². The van der Waals surface area contributed by atoms with E-state index in [0.717, 1.165) is 0 Å². The van der Waals surface area contributed by atoms with Crippen molar-refractivity contribution in [2.75, 3.05) is 6.54 Å². The minimum Gasteiger partial charge on any atom is -0.389 e. The molecule has 1 unspecified atom stereocenters. The molecule has 0 saturated heterocycles. The third-order valence-electron chi connectivity index (χ3n) is 3.57. The predicted octanol–water partition coefficient (Wildman–Crippen LogP) is 1.93. The zero-order valence-electron chi connectivity index (χ0n) is 9.35. The first kappa shape index (κ1) is 11.0. The van der Waals surface area contributed by atoms with E-state index in [4.69, 9.17) is 0 Å². The lowest BCUT2D eigenvalue weighted by atomic mass is 9.78. The Hall–Kier alpha value is -0.0800. The lowest BCUT2D eigenvalue weighted by molar-refractivity contribution is 0.00185. The Balaban J connectivity index is 2.32. The Kier molecular flexibility index (Phi) is 3.03. The molecule has 0 spiro atoms. The molecule has 2 N–H and O–H groups in total. The van der Waals surface area contributed by atoms with Crippen LogP contribution in [0.3, 0.4) is 0 Å². The van der Waals surface area contributed by atoms with Crippen molar-refractivity contribution >= 4 is 0 Å². The Labute approximate surface area is 81.7 Å². The molecule has 1 atom stereocenters. The highest BCUT2D eigenvalue weighted by Gasteiger charge is 2.34. The molecule has 0 aromatic heterocycles. The Morgan fingerprint density at radius 1 is 1.46 bits per heavy atom. The molecule has 2 heteroatoms. The van der Waals surface area contributed by atoms with Crippen LogP contribution >= 0.6 is 0 Å². The van der Waals surface area contributed by atoms with Gasteiger partial charge in [0.15, 0.2) is 0 Å². The van der Waals surface area contributed by atoms with E-state index < -0.39 is 5.60 Å². The Morgan fingerprint density at radius 3 is 2.31 bits per heavy atom. The van der Waals surface area contributed by atoms with Crippen LogP contribution in [0.15, 0.2) is 0 Å². The summed E-state index contributed by atoms with van der Waals surface area (Å²) >= 11 is 0. The zero-order chi connectivity index (χ0) is 10.1. The molecule has 1 aliphatic rings. The molecule has 0 amide bonds. The maximum Gasteiger partial charge on any atom is 0.0766 e. The van der Waals surface area contributed by atoms with Gasteiger partial charge in [0.2, 0.25) is 0 Å². The van der Waals surface area contributed by atoms with Gasteiger partial charge in [0.05, 0.1) is 5.60 Å². The van der Waals surface area contributed by atoms with Gasteiger partial charge in [-0.2, -0.15) is 0 Å². The van der Waals surface area contributed by atoms with E-state index in [0.29, 0.717) is 18.0 Å². The van der Waals surface area contributed by atoms with Gasteiger partial charge in [0, 0.05) is 12.1 Å². The third-order valence-corrected chi connectivity index (χ3v) is 3.57. The summed E-state index contributed by atoms with van der Waals surface area (Å²) in [4.78, 5) is 0. The molecule has 0 aromatic carbocycles. The second kappa shape index (κ2) is 3.58. The fourth-order valence-corrected chi connectivity index (χ4v) is 1.48. The smallest absolute Gasteiger partial charge is 0.0766 e. The summed E-state index contributed by atoms with van der Waals surface area (Å²) in [5, 5.41) is 13.5. The molecule has 0 radical (unpaired) electrons. The number of hydrogen-bond acceptors (Lipinski definition) is 2. The minimum absolute atomic E-state index is 0.304. The highest BCUT2D eigenvalue weighted by molar-refractivity contribution is 4.94. The van der Waals surface area contributed by atoms with Crippen LogP contribution < -0.4 is 5.32 Å². The summed E-state index contributed by atoms with van der Waals surface area (Å²) in [6, 6.07) is 0. The van der Waals surface area contributed by atoms with Crippen LogP contribution in [-0.2, 0) is 0 Å². The average molecular weight is 185 g/mol. The maximum atomic E-state index is 10.0. The molecule has 0 aromatic rings. The second-order valence-electron chi connectivity index (χ2n) is 5.28. The molecule has 0 heterocycles. The van der Waals surface area contributed by atoms with Crippen molar-refractivity contribution in [1.82, 2.24) is 5.32 Å². The van der Waals surface area contributed by atoms with Gasteiger partial charge in [0.1, 0.15) is 0 Å². The van der Waals surface area contributed by atoms with Crippen molar-refractivity contribution in [3.8, 4) is 0 Å². The number of nitrogens with one attached hydrogen (secondary N) is 1. The molecule has 1 rings (SSSR count). The van der Waals surface area contributed by atoms with Gasteiger partial charge in [-0.15, -0.1) is 0 Å². The lowest BCUT2D eigenvalue weighted by Gasteiger charge is -2.42. The topological polar surface area (TPSA) is 32.3 Å². The fourth-order valence-electron chi connectivity index (χ4n) is 1.48. The van der Waals surface area contributed by atoms with Gasteiger partial charge in [-0.3, -0.25) is 0 Å². The molecule has 1 aliphatic carbocycles. The molecule has 2 nitrogen and oxygen atoms in total. The van der Waals surface area contributed by atoms with Crippen LogP contribution in [0.5, 0.6) is 0 Å². The zero-order valence-corrected chi connectivity index (χ0v) is 9.35. The van der Waals surface area contributed by atoms with Crippen molar-refractivity contribution in [2.24, 2.45) is 5.92 Å². The van der Waals surface area contributed by atoms with Crippen LogP contribution in [0.25, 0.3) is 0 Å². The average Bonchev–Trinajstić information content (AvgIpc) is 1.97. The molecular formula is C11H23NO. The van der Waals surface area contributed by atoms with Crippen LogP contribution in [-0.4, -0.2) is 22.8 Å². The van der Waals surface area contributed by atoms with E-state index >= 15 is 0 Å². The number of aliphatic hydroxyl groups is 1. The van der Waals surface area contributed by atoms with Gasteiger partial charge >= 0.3 is 0 Å². The number of β-amino-alcohol motifs (C(OH)–C–C–N with tert-alkyl or cyclic N) is 1. The standard InChI is InChI=1S/C11H23NO/c1-9(2)11(4,13)8-12-10(3)6-5-7-10/h9,12-13H,5-8H2,1-4H3. The normalized spacial score (nSPS) is 25.4. The molecular weight excluding hydrogens is 162 g/mol. The maximum absolute atomic E-state index is 10.0. The van der Waals surface area contributed by atoms with Gasteiger partial charge in [0.25, 0.3) is 0 Å². The molecule has 0 aliphatic heterocycles. The fraction of sp³-hybridized carbons (Fsp3) is 1.00. The van der Waals surface area contributed by atoms with Crippen molar-refractivity contribution in [3.63, 3.8) is 0 Å². The van der Waals surface area contributed by atoms with Crippen molar-refractivity contribution < 1.29 is 5.11 Å². The van der Waals surface area contributed by atoms with E-state index in [9.17, 15) is 5.11 Å². The van der Waals surface area contributed by atoms with Crippen LogP contribution in [0.2, 0.25) is 0 Å². The van der Waals surface area contributed by atoms with E-state index in [1.54, 1.807) is 0 Å². The summed E-state index contributed by atoms with van der Waals surface area (Å²) < 4.78 is 0. The lowest BCUT2D eigenvalue weighted by Crippen LogP contribution is -2.54. The summed E-state index contributed by atoms with van der Waals surface area (Å²) in [5.74, 6) is 0.309. The van der Waals surface area contributed by atoms with Gasteiger partial charge in [-0.1, -0.05) is 13.8 Å². The first-order valence-electron chi connectivity index (χ1n) is 5.33. The van der Waals surface area contributed by atoms with Crippen LogP contribution in [0.4, 0.5) is 0 Å². The first-order valence-corrected chi connectivity index (χ1v) is 5.33. The van der Waals surface area contributed by atoms with E-state index in [2.05, 4.69) is 26.1 Å². The number of hydrogen-bond donors (Lipinski definition) is 2. The van der Waals surface area contributed by atoms with E-state index in [-0.39, 0.29) is 0 Å². The van der Waals surface area contributed by atoms with Gasteiger partial charge < -0.3 is 10.4 Å². The Bertz CT molecular complexity index is 171. The molecule has 0 bridgehead atoms. The summed E-state index contributed by atoms with van der Waals surface area (Å²) in [5.41, 5.74) is -0.266. The minimum atomic E-state index is -0.571. The second-order valence-corrected chi connectivity index (χ2v) is 5.28. The number of rotatable bonds is 4. The van der Waals surface area contributed by atoms with E-state index in [1.807, 2.05) is 6.92 Å². The quantitative estimate of drug-likeness (QED) is 0.701. The first-order chi connectivity index (χ1) is 5.86. The van der Waals surface area contributed by atoms with Crippen molar-refractivity contribution in [2.45, 2.75) is 58.1 Å². The monoisotopic (exact) mass is 185 g/mol.